The second-order valence-electron chi connectivity index (χ2n) is 13.5. The molecule has 2 aliphatic carbocycles. The molecule has 3 fully saturated rings. The lowest BCUT2D eigenvalue weighted by molar-refractivity contribution is -0.258. The molecule has 2 unspecified atom stereocenters. The Morgan fingerprint density at radius 1 is 1.13 bits per heavy atom. The number of epoxide rings is 1. The molecule has 0 amide bonds. The van der Waals surface area contributed by atoms with E-state index in [1.165, 1.54) is 19.9 Å². The van der Waals surface area contributed by atoms with E-state index < -0.39 is 70.5 Å². The number of hydrogen-bond acceptors (Lipinski definition) is 11. The average molecular weight is 633 g/mol. The molecule has 2 aliphatic heterocycles. The Morgan fingerprint density at radius 2 is 1.82 bits per heavy atom. The molecule has 250 valence electrons. The van der Waals surface area contributed by atoms with E-state index in [-0.39, 0.29) is 31.5 Å². The fourth-order valence-electron chi connectivity index (χ4n) is 7.84. The SMILES string of the molecule is C/C=C(\C)C(=O)O[C@@H]1CCC2(CO2)[C@@]2(COC(C)=O)C1[C@@](C)(C[C@H](OC(=O)[C@@H](C)CC)C1=CC(=O)OC1)[C@H](C)C[C@@H]2OC(C)=O. The van der Waals surface area contributed by atoms with Gasteiger partial charge in [0.1, 0.15) is 37.1 Å². The van der Waals surface area contributed by atoms with Crippen molar-refractivity contribution in [2.24, 2.45) is 28.6 Å². The van der Waals surface area contributed by atoms with Gasteiger partial charge in [-0.25, -0.2) is 9.59 Å². The third-order valence-electron chi connectivity index (χ3n) is 10.9. The van der Waals surface area contributed by atoms with Crippen molar-refractivity contribution in [2.75, 3.05) is 19.8 Å². The number of carbonyl (C=O) groups is 5. The van der Waals surface area contributed by atoms with Gasteiger partial charge in [0.05, 0.1) is 17.9 Å². The Hall–Kier alpha value is -3.21. The minimum Gasteiger partial charge on any atom is -0.465 e. The topological polar surface area (TPSA) is 144 Å². The summed E-state index contributed by atoms with van der Waals surface area (Å²) in [5.41, 5.74) is -1.65. The van der Waals surface area contributed by atoms with Gasteiger partial charge in [0, 0.05) is 37.0 Å². The molecule has 45 heavy (non-hydrogen) atoms. The molecular weight excluding hydrogens is 584 g/mol. The zero-order chi connectivity index (χ0) is 33.3. The van der Waals surface area contributed by atoms with Crippen molar-refractivity contribution in [3.05, 3.63) is 23.3 Å². The predicted molar refractivity (Wildman–Crippen MR) is 160 cm³/mol. The molecule has 0 aromatic rings. The number of hydrogen-bond donors (Lipinski definition) is 0. The van der Waals surface area contributed by atoms with Crippen LogP contribution in [0.2, 0.25) is 0 Å². The van der Waals surface area contributed by atoms with E-state index in [4.69, 9.17) is 28.4 Å². The molecule has 0 N–H and O–H groups in total. The van der Waals surface area contributed by atoms with Crippen molar-refractivity contribution in [3.8, 4) is 0 Å². The van der Waals surface area contributed by atoms with E-state index in [0.29, 0.717) is 43.4 Å². The maximum Gasteiger partial charge on any atom is 0.333 e. The molecule has 11 nitrogen and oxygen atoms in total. The number of ether oxygens (including phenoxy) is 6. The first-order chi connectivity index (χ1) is 21.1. The van der Waals surface area contributed by atoms with Crippen molar-refractivity contribution in [1.29, 1.82) is 0 Å². The Labute approximate surface area is 265 Å². The van der Waals surface area contributed by atoms with Crippen LogP contribution in [0.4, 0.5) is 0 Å². The van der Waals surface area contributed by atoms with Gasteiger partial charge < -0.3 is 28.4 Å². The highest BCUT2D eigenvalue weighted by Crippen LogP contribution is 2.70. The lowest BCUT2D eigenvalue weighted by atomic mass is 9.42. The van der Waals surface area contributed by atoms with Gasteiger partial charge in [-0.05, 0) is 57.3 Å². The highest BCUT2D eigenvalue weighted by Gasteiger charge is 2.77. The Morgan fingerprint density at radius 3 is 2.36 bits per heavy atom. The number of allylic oxidation sites excluding steroid dienone is 1. The van der Waals surface area contributed by atoms with Crippen LogP contribution in [-0.4, -0.2) is 73.6 Å². The molecular formula is C34H48O11. The lowest BCUT2D eigenvalue weighted by Gasteiger charge is -2.64. The summed E-state index contributed by atoms with van der Waals surface area (Å²) >= 11 is 0. The normalized spacial score (nSPS) is 35.3. The lowest BCUT2D eigenvalue weighted by Crippen LogP contribution is -2.71. The van der Waals surface area contributed by atoms with E-state index in [2.05, 4.69) is 6.92 Å². The summed E-state index contributed by atoms with van der Waals surface area (Å²) in [6.07, 6.45) is 3.04. The van der Waals surface area contributed by atoms with Gasteiger partial charge >= 0.3 is 29.8 Å². The van der Waals surface area contributed by atoms with Crippen molar-refractivity contribution in [3.63, 3.8) is 0 Å². The van der Waals surface area contributed by atoms with Gasteiger partial charge in [0.25, 0.3) is 0 Å². The molecule has 4 aliphatic rings. The highest BCUT2D eigenvalue weighted by atomic mass is 16.6. The fraction of sp³-hybridized carbons (Fsp3) is 0.735. The number of rotatable bonds is 11. The highest BCUT2D eigenvalue weighted by molar-refractivity contribution is 5.88. The van der Waals surface area contributed by atoms with Crippen LogP contribution in [0.15, 0.2) is 23.3 Å². The maximum absolute atomic E-state index is 13.3. The minimum absolute atomic E-state index is 0.00692. The monoisotopic (exact) mass is 632 g/mol. The van der Waals surface area contributed by atoms with Gasteiger partial charge in [-0.2, -0.15) is 0 Å². The molecule has 9 atom stereocenters. The molecule has 0 aromatic heterocycles. The molecule has 0 bridgehead atoms. The van der Waals surface area contributed by atoms with Crippen LogP contribution in [0.1, 0.15) is 87.5 Å². The summed E-state index contributed by atoms with van der Waals surface area (Å²) in [5.74, 6) is -3.46. The summed E-state index contributed by atoms with van der Waals surface area (Å²) in [7, 11) is 0. The molecule has 1 saturated heterocycles. The van der Waals surface area contributed by atoms with Crippen LogP contribution in [0.3, 0.4) is 0 Å². The smallest absolute Gasteiger partial charge is 0.333 e. The fourth-order valence-corrected chi connectivity index (χ4v) is 7.84. The minimum atomic E-state index is -1.08. The van der Waals surface area contributed by atoms with Crippen molar-refractivity contribution in [1.82, 2.24) is 0 Å². The second-order valence-corrected chi connectivity index (χ2v) is 13.5. The predicted octanol–water partition coefficient (Wildman–Crippen LogP) is 4.40. The average Bonchev–Trinajstić information content (AvgIpc) is 3.64. The maximum atomic E-state index is 13.3. The van der Waals surface area contributed by atoms with Crippen molar-refractivity contribution >= 4 is 29.8 Å². The largest absolute Gasteiger partial charge is 0.465 e. The van der Waals surface area contributed by atoms with Gasteiger partial charge in [-0.1, -0.05) is 33.8 Å². The summed E-state index contributed by atoms with van der Waals surface area (Å²) in [4.78, 5) is 63.6. The zero-order valence-electron chi connectivity index (χ0n) is 27.8. The third-order valence-corrected chi connectivity index (χ3v) is 10.9. The van der Waals surface area contributed by atoms with Gasteiger partial charge in [-0.3, -0.25) is 14.4 Å². The number of carbonyl (C=O) groups excluding carboxylic acids is 5. The van der Waals surface area contributed by atoms with Crippen LogP contribution in [0.25, 0.3) is 0 Å². The molecule has 0 radical (unpaired) electrons. The summed E-state index contributed by atoms with van der Waals surface area (Å²) in [6.45, 7) is 14.1. The summed E-state index contributed by atoms with van der Waals surface area (Å²) < 4.78 is 35.7. The first-order valence-corrected chi connectivity index (χ1v) is 16.0. The Balaban J connectivity index is 1.90. The first kappa shape index (κ1) is 34.7. The van der Waals surface area contributed by atoms with Crippen molar-refractivity contribution < 1.29 is 52.4 Å². The molecule has 11 heteroatoms. The van der Waals surface area contributed by atoms with Gasteiger partial charge in [0.2, 0.25) is 0 Å². The molecule has 2 heterocycles. The quantitative estimate of drug-likeness (QED) is 0.138. The van der Waals surface area contributed by atoms with E-state index in [1.807, 2.05) is 13.8 Å². The number of esters is 5. The summed E-state index contributed by atoms with van der Waals surface area (Å²) in [5, 5.41) is 0. The molecule has 0 aromatic carbocycles. The standard InChI is InChI=1S/C34H48O11/c1-9-19(3)30(38)44-25-11-12-33(17-42-33)34(18-41-22(6)35)27(43-23(7)36)13-21(5)32(8,29(25)34)15-26(24-14-28(37)40-16-24)45-31(39)20(4)10-2/h9,14,20-21,25-27,29H,10-13,15-18H2,1-8H3/b19-9+/t20-,21+,25+,26-,27-,29?,32-,33?,34+/m0/s1. The van der Waals surface area contributed by atoms with Crippen LogP contribution in [0.5, 0.6) is 0 Å². The molecule has 1 spiro atoms. The van der Waals surface area contributed by atoms with Crippen LogP contribution in [0, 0.1) is 28.6 Å². The number of cyclic esters (lactones) is 1. The third kappa shape index (κ3) is 6.55. The molecule has 2 saturated carbocycles. The van der Waals surface area contributed by atoms with E-state index in [1.54, 1.807) is 26.8 Å². The van der Waals surface area contributed by atoms with E-state index >= 15 is 0 Å². The van der Waals surface area contributed by atoms with Gasteiger partial charge in [-0.15, -0.1) is 0 Å². The van der Waals surface area contributed by atoms with Crippen molar-refractivity contribution in [2.45, 2.75) is 111 Å². The van der Waals surface area contributed by atoms with Crippen LogP contribution >= 0.6 is 0 Å². The zero-order valence-corrected chi connectivity index (χ0v) is 27.8. The van der Waals surface area contributed by atoms with Crippen LogP contribution < -0.4 is 0 Å². The van der Waals surface area contributed by atoms with Gasteiger partial charge in [0.15, 0.2) is 0 Å². The number of fused-ring (bicyclic) bond motifs is 2. The van der Waals surface area contributed by atoms with E-state index in [9.17, 15) is 24.0 Å². The van der Waals surface area contributed by atoms with E-state index in [0.717, 1.165) is 0 Å². The Bertz CT molecular complexity index is 1260. The summed E-state index contributed by atoms with van der Waals surface area (Å²) in [6, 6.07) is 0. The van der Waals surface area contributed by atoms with Crippen LogP contribution in [-0.2, 0) is 52.4 Å². The second kappa shape index (κ2) is 13.3. The Kier molecular flexibility index (Phi) is 10.2. The molecule has 4 rings (SSSR count). The first-order valence-electron chi connectivity index (χ1n) is 16.0.